The van der Waals surface area contributed by atoms with Gasteiger partial charge in [0.1, 0.15) is 6.54 Å². The molecule has 0 aliphatic carbocycles. The van der Waals surface area contributed by atoms with Crippen LogP contribution in [-0.2, 0) is 25.0 Å². The van der Waals surface area contributed by atoms with Crippen molar-refractivity contribution in [2.45, 2.75) is 39.6 Å². The smallest absolute Gasteiger partial charge is 0.358 e. The van der Waals surface area contributed by atoms with Crippen LogP contribution in [0.15, 0.2) is 15.8 Å². The second-order valence-electron chi connectivity index (χ2n) is 5.19. The number of hydrogen-bond acceptors (Lipinski definition) is 7. The van der Waals surface area contributed by atoms with Crippen molar-refractivity contribution in [2.75, 3.05) is 19.8 Å². The molecule has 142 valence electrons. The molecule has 1 aromatic rings. The Labute approximate surface area is 144 Å². The van der Waals surface area contributed by atoms with E-state index < -0.39 is 30.6 Å². The predicted molar refractivity (Wildman–Crippen MR) is 90.6 cm³/mol. The van der Waals surface area contributed by atoms with Crippen LogP contribution >= 0.6 is 7.60 Å². The minimum atomic E-state index is -3.65. The number of aromatic nitrogens is 2. The third-order valence-corrected chi connectivity index (χ3v) is 5.44. The van der Waals surface area contributed by atoms with Crippen LogP contribution in [0.5, 0.6) is 0 Å². The van der Waals surface area contributed by atoms with Crippen molar-refractivity contribution in [3.05, 3.63) is 32.6 Å². The molecular weight excluding hydrogens is 353 g/mol. The monoisotopic (exact) mass is 377 g/mol. The van der Waals surface area contributed by atoms with Crippen LogP contribution in [0.3, 0.4) is 0 Å². The Morgan fingerprint density at radius 3 is 2.52 bits per heavy atom. The molecule has 1 rings (SSSR count). The van der Waals surface area contributed by atoms with Gasteiger partial charge in [-0.05, 0) is 20.8 Å². The maximum atomic E-state index is 12.3. The molecule has 0 fully saturated rings. The van der Waals surface area contributed by atoms with Gasteiger partial charge in [0.2, 0.25) is 5.91 Å². The van der Waals surface area contributed by atoms with Gasteiger partial charge in [-0.3, -0.25) is 23.7 Å². The number of aliphatic hydroxyl groups excluding tert-OH is 1. The minimum Gasteiger partial charge on any atom is -0.380 e. The zero-order chi connectivity index (χ0) is 19.0. The molecule has 0 spiro atoms. The molecule has 25 heavy (non-hydrogen) atoms. The summed E-state index contributed by atoms with van der Waals surface area (Å²) in [6.45, 7) is 4.74. The molecule has 10 nitrogen and oxygen atoms in total. The van der Waals surface area contributed by atoms with E-state index in [-0.39, 0.29) is 32.7 Å². The fourth-order valence-electron chi connectivity index (χ4n) is 2.01. The molecule has 0 aliphatic rings. The topological polar surface area (TPSA) is 140 Å². The second-order valence-corrected chi connectivity index (χ2v) is 7.39. The van der Waals surface area contributed by atoms with Gasteiger partial charge >= 0.3 is 13.3 Å². The third-order valence-electron chi connectivity index (χ3n) is 3.21. The standard InChI is InChI=1S/C14H24N3O7P/c1-4-23-25(22,24-5-2)12(19)6-7-15-11(18)9-17-8-10(3)13(20)16-14(17)21/h8,12,19H,4-7,9H2,1-3H3,(H,15,18)(H,16,20,21). The number of nitrogens with one attached hydrogen (secondary N) is 2. The highest BCUT2D eigenvalue weighted by atomic mass is 31.2. The van der Waals surface area contributed by atoms with E-state index in [2.05, 4.69) is 10.3 Å². The Hall–Kier alpha value is -1.74. The number of H-pyrrole nitrogens is 1. The first-order valence-electron chi connectivity index (χ1n) is 7.87. The van der Waals surface area contributed by atoms with E-state index in [1.165, 1.54) is 13.1 Å². The molecule has 0 saturated heterocycles. The van der Waals surface area contributed by atoms with Gasteiger partial charge in [0.05, 0.1) is 13.2 Å². The first kappa shape index (κ1) is 21.3. The van der Waals surface area contributed by atoms with Gasteiger partial charge < -0.3 is 19.5 Å². The molecule has 3 N–H and O–H groups in total. The van der Waals surface area contributed by atoms with Gasteiger partial charge in [-0.2, -0.15) is 0 Å². The molecule has 0 aliphatic heterocycles. The summed E-state index contributed by atoms with van der Waals surface area (Å²) in [6, 6.07) is 0. The van der Waals surface area contributed by atoms with E-state index >= 15 is 0 Å². The maximum absolute atomic E-state index is 12.3. The highest BCUT2D eigenvalue weighted by Crippen LogP contribution is 2.52. The van der Waals surface area contributed by atoms with Crippen LogP contribution in [0.2, 0.25) is 0 Å². The predicted octanol–water partition coefficient (Wildman–Crippen LogP) is -0.0642. The largest absolute Gasteiger partial charge is 0.380 e. The molecule has 0 aromatic carbocycles. The summed E-state index contributed by atoms with van der Waals surface area (Å²) in [5.41, 5.74) is -0.896. The van der Waals surface area contributed by atoms with Crippen molar-refractivity contribution in [3.63, 3.8) is 0 Å². The van der Waals surface area contributed by atoms with E-state index in [1.807, 2.05) is 0 Å². The summed E-state index contributed by atoms with van der Waals surface area (Å²) < 4.78 is 23.4. The van der Waals surface area contributed by atoms with Crippen molar-refractivity contribution >= 4 is 13.5 Å². The first-order chi connectivity index (χ1) is 11.7. The first-order valence-corrected chi connectivity index (χ1v) is 9.48. The van der Waals surface area contributed by atoms with Crippen LogP contribution in [0.4, 0.5) is 0 Å². The van der Waals surface area contributed by atoms with Crippen molar-refractivity contribution in [2.24, 2.45) is 0 Å². The molecule has 0 saturated carbocycles. The van der Waals surface area contributed by atoms with Gasteiger partial charge in [0.15, 0.2) is 5.85 Å². The lowest BCUT2D eigenvalue weighted by atomic mass is 10.4. The Morgan fingerprint density at radius 2 is 1.96 bits per heavy atom. The second kappa shape index (κ2) is 9.67. The number of carbonyl (C=O) groups excluding carboxylic acids is 1. The van der Waals surface area contributed by atoms with Crippen molar-refractivity contribution in [3.8, 4) is 0 Å². The van der Waals surface area contributed by atoms with E-state index in [0.29, 0.717) is 5.56 Å². The van der Waals surface area contributed by atoms with Crippen LogP contribution < -0.4 is 16.6 Å². The third kappa shape index (κ3) is 6.24. The van der Waals surface area contributed by atoms with E-state index in [9.17, 15) is 24.1 Å². The lowest BCUT2D eigenvalue weighted by molar-refractivity contribution is -0.121. The molecule has 0 radical (unpaired) electrons. The molecule has 0 bridgehead atoms. The lowest BCUT2D eigenvalue weighted by Gasteiger charge is -2.22. The summed E-state index contributed by atoms with van der Waals surface area (Å²) in [4.78, 5) is 36.8. The Morgan fingerprint density at radius 1 is 1.36 bits per heavy atom. The van der Waals surface area contributed by atoms with Gasteiger partial charge in [-0.25, -0.2) is 4.79 Å². The number of aryl methyl sites for hydroxylation is 1. The van der Waals surface area contributed by atoms with Gasteiger partial charge in [-0.1, -0.05) is 0 Å². The van der Waals surface area contributed by atoms with E-state index in [1.54, 1.807) is 13.8 Å². The summed E-state index contributed by atoms with van der Waals surface area (Å²) in [5.74, 6) is -1.87. The van der Waals surface area contributed by atoms with Gasteiger partial charge in [0, 0.05) is 24.7 Å². The lowest BCUT2D eigenvalue weighted by Crippen LogP contribution is -2.37. The quantitative estimate of drug-likeness (QED) is 0.485. The van der Waals surface area contributed by atoms with Crippen LogP contribution in [0.25, 0.3) is 0 Å². The molecular formula is C14H24N3O7P. The van der Waals surface area contributed by atoms with Crippen molar-refractivity contribution in [1.82, 2.24) is 14.9 Å². The number of rotatable bonds is 10. The van der Waals surface area contributed by atoms with Crippen LogP contribution in [0, 0.1) is 6.92 Å². The average Bonchev–Trinajstić information content (AvgIpc) is 2.53. The number of amides is 1. The van der Waals surface area contributed by atoms with Gasteiger partial charge in [0.25, 0.3) is 5.56 Å². The van der Waals surface area contributed by atoms with Crippen molar-refractivity contribution < 1.29 is 23.5 Å². The maximum Gasteiger partial charge on any atom is 0.358 e. The van der Waals surface area contributed by atoms with E-state index in [0.717, 1.165) is 4.57 Å². The van der Waals surface area contributed by atoms with Crippen LogP contribution in [0.1, 0.15) is 25.8 Å². The van der Waals surface area contributed by atoms with Gasteiger partial charge in [-0.15, -0.1) is 0 Å². The minimum absolute atomic E-state index is 0.0151. The normalized spacial score (nSPS) is 12.8. The number of nitrogens with zero attached hydrogens (tertiary/aromatic N) is 1. The fourth-order valence-corrected chi connectivity index (χ4v) is 3.60. The van der Waals surface area contributed by atoms with Crippen molar-refractivity contribution in [1.29, 1.82) is 0 Å². The SMILES string of the molecule is CCOP(=O)(OCC)C(O)CCNC(=O)Cn1cc(C)c(=O)[nH]c1=O. The zero-order valence-electron chi connectivity index (χ0n) is 14.5. The average molecular weight is 377 g/mol. The summed E-state index contributed by atoms with van der Waals surface area (Å²) in [7, 11) is -3.65. The highest BCUT2D eigenvalue weighted by molar-refractivity contribution is 7.54. The fraction of sp³-hybridized carbons (Fsp3) is 0.643. The summed E-state index contributed by atoms with van der Waals surface area (Å²) in [6.07, 6.45) is 1.25. The Balaban J connectivity index is 2.57. The summed E-state index contributed by atoms with van der Waals surface area (Å²) in [5, 5.41) is 12.5. The number of aliphatic hydroxyl groups is 1. The molecule has 1 atom stereocenters. The zero-order valence-corrected chi connectivity index (χ0v) is 15.4. The molecule has 1 unspecified atom stereocenters. The Kier molecular flexibility index (Phi) is 8.24. The molecule has 11 heteroatoms. The van der Waals surface area contributed by atoms with E-state index in [4.69, 9.17) is 9.05 Å². The highest BCUT2D eigenvalue weighted by Gasteiger charge is 2.33. The molecule has 1 aromatic heterocycles. The summed E-state index contributed by atoms with van der Waals surface area (Å²) >= 11 is 0. The molecule has 1 heterocycles. The number of carbonyl (C=O) groups is 1. The number of aromatic amines is 1. The Bertz CT molecular complexity index is 733. The van der Waals surface area contributed by atoms with Crippen LogP contribution in [-0.4, -0.2) is 46.2 Å². The molecule has 1 amide bonds. The number of hydrogen-bond donors (Lipinski definition) is 3.